The van der Waals surface area contributed by atoms with Crippen LogP contribution in [0.25, 0.3) is 10.9 Å². The fraction of sp³-hybridized carbons (Fsp3) is 0.304. The number of nitrogens with one attached hydrogen (secondary N) is 1. The summed E-state index contributed by atoms with van der Waals surface area (Å²) < 4.78 is 10.6. The zero-order valence-electron chi connectivity index (χ0n) is 16.6. The number of aromatic nitrogens is 2. The van der Waals surface area contributed by atoms with Crippen LogP contribution in [0, 0.1) is 12.3 Å². The van der Waals surface area contributed by atoms with Gasteiger partial charge in [0.15, 0.2) is 11.5 Å². The largest absolute Gasteiger partial charge is 0.493 e. The van der Waals surface area contributed by atoms with Gasteiger partial charge in [-0.1, -0.05) is 30.2 Å². The SMILES string of the molecule is C#CCN(Cc1nc2cc(OC)c(OC)cc2c(=O)[nH]1)[C@@H]1CCc2ccccc21. The molecular formula is C23H23N3O3. The van der Waals surface area contributed by atoms with E-state index in [-0.39, 0.29) is 11.6 Å². The summed E-state index contributed by atoms with van der Waals surface area (Å²) in [6.07, 6.45) is 7.68. The van der Waals surface area contributed by atoms with Gasteiger partial charge in [0.2, 0.25) is 0 Å². The molecule has 1 aromatic heterocycles. The number of rotatable bonds is 6. The van der Waals surface area contributed by atoms with Gasteiger partial charge in [-0.05, 0) is 30.0 Å². The van der Waals surface area contributed by atoms with Crippen LogP contribution in [-0.2, 0) is 13.0 Å². The molecule has 0 spiro atoms. The average Bonchev–Trinajstić information content (AvgIpc) is 3.16. The van der Waals surface area contributed by atoms with Crippen molar-refractivity contribution in [3.8, 4) is 23.8 Å². The Morgan fingerprint density at radius 2 is 2.00 bits per heavy atom. The van der Waals surface area contributed by atoms with Crippen molar-refractivity contribution in [2.24, 2.45) is 0 Å². The van der Waals surface area contributed by atoms with Gasteiger partial charge >= 0.3 is 0 Å². The van der Waals surface area contributed by atoms with Crippen molar-refractivity contribution in [1.82, 2.24) is 14.9 Å². The van der Waals surface area contributed by atoms with E-state index < -0.39 is 0 Å². The van der Waals surface area contributed by atoms with Gasteiger partial charge in [0.25, 0.3) is 5.56 Å². The number of fused-ring (bicyclic) bond motifs is 2. The maximum Gasteiger partial charge on any atom is 0.258 e. The van der Waals surface area contributed by atoms with Gasteiger partial charge in [0, 0.05) is 12.1 Å². The van der Waals surface area contributed by atoms with Gasteiger partial charge in [0.05, 0.1) is 38.2 Å². The third kappa shape index (κ3) is 3.57. The first-order valence-corrected chi connectivity index (χ1v) is 9.55. The highest BCUT2D eigenvalue weighted by atomic mass is 16.5. The average molecular weight is 389 g/mol. The number of methoxy groups -OCH3 is 2. The third-order valence-electron chi connectivity index (χ3n) is 5.45. The predicted octanol–water partition coefficient (Wildman–Crippen LogP) is 3.06. The molecule has 0 radical (unpaired) electrons. The predicted molar refractivity (Wildman–Crippen MR) is 112 cm³/mol. The van der Waals surface area contributed by atoms with E-state index in [0.29, 0.717) is 41.3 Å². The highest BCUT2D eigenvalue weighted by Crippen LogP contribution is 2.36. The molecule has 0 unspecified atom stereocenters. The number of hydrogen-bond acceptors (Lipinski definition) is 5. The monoisotopic (exact) mass is 389 g/mol. The molecule has 148 valence electrons. The maximum atomic E-state index is 12.7. The summed E-state index contributed by atoms with van der Waals surface area (Å²) in [6.45, 7) is 0.940. The second-order valence-corrected chi connectivity index (χ2v) is 7.10. The fourth-order valence-electron chi connectivity index (χ4n) is 4.09. The van der Waals surface area contributed by atoms with Crippen LogP contribution in [0.5, 0.6) is 11.5 Å². The second-order valence-electron chi connectivity index (χ2n) is 7.10. The Kier molecular flexibility index (Phi) is 5.24. The van der Waals surface area contributed by atoms with Gasteiger partial charge in [0.1, 0.15) is 5.82 Å². The Bertz CT molecular complexity index is 1150. The standard InChI is InChI=1S/C23H23N3O3/c1-4-11-26(19-10-9-15-7-5-6-8-16(15)19)14-22-24-18-13-21(29-3)20(28-2)12-17(18)23(27)25-22/h1,5-8,12-13,19H,9-11,14H2,2-3H3,(H,24,25,27)/t19-/m1/s1. The smallest absolute Gasteiger partial charge is 0.258 e. The Morgan fingerprint density at radius 1 is 1.24 bits per heavy atom. The van der Waals surface area contributed by atoms with Crippen LogP contribution in [0.4, 0.5) is 0 Å². The number of hydrogen-bond donors (Lipinski definition) is 1. The lowest BCUT2D eigenvalue weighted by atomic mass is 10.1. The topological polar surface area (TPSA) is 67.5 Å². The van der Waals surface area contributed by atoms with Crippen molar-refractivity contribution in [3.63, 3.8) is 0 Å². The van der Waals surface area contributed by atoms with Gasteiger partial charge in [-0.15, -0.1) is 6.42 Å². The summed E-state index contributed by atoms with van der Waals surface area (Å²) in [7, 11) is 3.10. The van der Waals surface area contributed by atoms with Crippen molar-refractivity contribution < 1.29 is 9.47 Å². The van der Waals surface area contributed by atoms with E-state index in [0.717, 1.165) is 12.8 Å². The molecule has 1 N–H and O–H groups in total. The van der Waals surface area contributed by atoms with E-state index in [1.54, 1.807) is 19.2 Å². The highest BCUT2D eigenvalue weighted by Gasteiger charge is 2.28. The van der Waals surface area contributed by atoms with E-state index in [1.165, 1.54) is 18.2 Å². The summed E-state index contributed by atoms with van der Waals surface area (Å²) >= 11 is 0. The molecule has 3 aromatic rings. The fourth-order valence-corrected chi connectivity index (χ4v) is 4.09. The molecule has 0 aliphatic heterocycles. The number of H-pyrrole nitrogens is 1. The van der Waals surface area contributed by atoms with Crippen molar-refractivity contribution in [1.29, 1.82) is 0 Å². The zero-order valence-corrected chi connectivity index (χ0v) is 16.6. The van der Waals surface area contributed by atoms with Crippen LogP contribution in [-0.4, -0.2) is 35.6 Å². The van der Waals surface area contributed by atoms with Crippen LogP contribution >= 0.6 is 0 Å². The number of terminal acetylenes is 1. The normalized spacial score (nSPS) is 15.3. The Balaban J connectivity index is 1.70. The molecule has 0 saturated heterocycles. The minimum absolute atomic E-state index is 0.210. The Morgan fingerprint density at radius 3 is 2.76 bits per heavy atom. The summed E-state index contributed by atoms with van der Waals surface area (Å²) in [5.41, 5.74) is 3.01. The van der Waals surface area contributed by atoms with Crippen LogP contribution < -0.4 is 15.0 Å². The lowest BCUT2D eigenvalue weighted by molar-refractivity contribution is 0.208. The lowest BCUT2D eigenvalue weighted by Gasteiger charge is -2.27. The second kappa shape index (κ2) is 7.98. The van der Waals surface area contributed by atoms with Crippen molar-refractivity contribution in [2.45, 2.75) is 25.4 Å². The van der Waals surface area contributed by atoms with Gasteiger partial charge in [-0.25, -0.2) is 4.98 Å². The molecule has 1 heterocycles. The zero-order chi connectivity index (χ0) is 20.4. The van der Waals surface area contributed by atoms with E-state index in [4.69, 9.17) is 15.9 Å². The third-order valence-corrected chi connectivity index (χ3v) is 5.45. The molecule has 0 fully saturated rings. The summed E-state index contributed by atoms with van der Waals surface area (Å²) in [6, 6.07) is 12.0. The van der Waals surface area contributed by atoms with Crippen molar-refractivity contribution in [3.05, 3.63) is 63.7 Å². The van der Waals surface area contributed by atoms with Crippen molar-refractivity contribution >= 4 is 10.9 Å². The number of benzene rings is 2. The van der Waals surface area contributed by atoms with Crippen molar-refractivity contribution in [2.75, 3.05) is 20.8 Å². The molecule has 1 aliphatic carbocycles. The molecule has 6 nitrogen and oxygen atoms in total. The molecule has 0 bridgehead atoms. The van der Waals surface area contributed by atoms with E-state index in [9.17, 15) is 4.79 Å². The number of nitrogens with zero attached hydrogens (tertiary/aromatic N) is 2. The summed E-state index contributed by atoms with van der Waals surface area (Å²) in [5.74, 6) is 4.36. The number of ether oxygens (including phenoxy) is 2. The van der Waals surface area contributed by atoms with Gasteiger partial charge < -0.3 is 14.5 Å². The molecule has 1 aliphatic rings. The molecule has 0 saturated carbocycles. The minimum Gasteiger partial charge on any atom is -0.493 e. The van der Waals surface area contributed by atoms with E-state index in [1.807, 2.05) is 0 Å². The lowest BCUT2D eigenvalue weighted by Crippen LogP contribution is -2.29. The number of aryl methyl sites for hydroxylation is 1. The molecule has 29 heavy (non-hydrogen) atoms. The Hall–Kier alpha value is -3.30. The Labute approximate surface area is 169 Å². The van der Waals surface area contributed by atoms with E-state index >= 15 is 0 Å². The summed E-state index contributed by atoms with van der Waals surface area (Å²) in [4.78, 5) is 22.4. The van der Waals surface area contributed by atoms with E-state index in [2.05, 4.69) is 45.1 Å². The number of aromatic amines is 1. The molecule has 4 rings (SSSR count). The van der Waals surface area contributed by atoms with Crippen LogP contribution in [0.2, 0.25) is 0 Å². The molecule has 2 aromatic carbocycles. The molecular weight excluding hydrogens is 366 g/mol. The molecule has 6 heteroatoms. The first-order valence-electron chi connectivity index (χ1n) is 9.55. The summed E-state index contributed by atoms with van der Waals surface area (Å²) in [5, 5.41) is 0.459. The quantitative estimate of drug-likeness (QED) is 0.657. The highest BCUT2D eigenvalue weighted by molar-refractivity contribution is 5.81. The maximum absolute atomic E-state index is 12.7. The van der Waals surface area contributed by atoms with Gasteiger partial charge in [-0.3, -0.25) is 9.69 Å². The van der Waals surface area contributed by atoms with Crippen LogP contribution in [0.15, 0.2) is 41.2 Å². The van der Waals surface area contributed by atoms with Gasteiger partial charge in [-0.2, -0.15) is 0 Å². The molecule has 0 amide bonds. The first kappa shape index (κ1) is 19.0. The van der Waals surface area contributed by atoms with Crippen LogP contribution in [0.1, 0.15) is 29.4 Å². The van der Waals surface area contributed by atoms with Crippen LogP contribution in [0.3, 0.4) is 0 Å². The molecule has 1 atom stereocenters. The minimum atomic E-state index is -0.210. The first-order chi connectivity index (χ1) is 14.1.